The van der Waals surface area contributed by atoms with E-state index in [2.05, 4.69) is 0 Å². The molecule has 8 aromatic rings. The summed E-state index contributed by atoms with van der Waals surface area (Å²) in [6, 6.07) is 3.21. The van der Waals surface area contributed by atoms with E-state index in [1.807, 2.05) is 24.3 Å². The summed E-state index contributed by atoms with van der Waals surface area (Å²) in [5.41, 5.74) is -1.47. The molecule has 0 atom stereocenters. The van der Waals surface area contributed by atoms with Crippen molar-refractivity contribution in [3.05, 3.63) is 145 Å². The minimum absolute atomic E-state index is 0.115. The van der Waals surface area contributed by atoms with Crippen molar-refractivity contribution in [2.24, 2.45) is 0 Å². The van der Waals surface area contributed by atoms with Gasteiger partial charge in [-0.15, -0.1) is 0 Å². The first-order chi connectivity index (χ1) is 25.5. The molecular formula is C36H24N2. The second-order valence-corrected chi connectivity index (χ2v) is 8.60. The van der Waals surface area contributed by atoms with Crippen LogP contribution >= 0.6 is 0 Å². The zero-order valence-electron chi connectivity index (χ0n) is 35.5. The fourth-order valence-electron chi connectivity index (χ4n) is 4.95. The van der Waals surface area contributed by atoms with E-state index in [1.165, 1.54) is 0 Å². The number of hydrogen-bond acceptors (Lipinski definition) is 0. The summed E-state index contributed by atoms with van der Waals surface area (Å²) < 4.78 is 144. The lowest BCUT2D eigenvalue weighted by molar-refractivity contribution is 1.15. The molecule has 6 aromatic carbocycles. The molecule has 0 aliphatic rings. The molecule has 0 saturated carbocycles. The number of benzene rings is 6. The number of fused-ring (bicyclic) bond motifs is 6. The Morgan fingerprint density at radius 3 is 1.79 bits per heavy atom. The Labute approximate surface area is 243 Å². The van der Waals surface area contributed by atoms with E-state index in [-0.39, 0.29) is 27.5 Å². The van der Waals surface area contributed by atoms with Crippen LogP contribution in [-0.2, 0) is 0 Å². The predicted octanol–water partition coefficient (Wildman–Crippen LogP) is 9.55. The van der Waals surface area contributed by atoms with Crippen LogP contribution in [-0.4, -0.2) is 9.13 Å². The minimum Gasteiger partial charge on any atom is -0.309 e. The minimum atomic E-state index is -0.837. The van der Waals surface area contributed by atoms with Gasteiger partial charge in [0.05, 0.1) is 44.0 Å². The molecule has 178 valence electrons. The average molecular weight is 501 g/mol. The van der Waals surface area contributed by atoms with Crippen molar-refractivity contribution in [2.75, 3.05) is 0 Å². The summed E-state index contributed by atoms with van der Waals surface area (Å²) in [5.74, 6) is 0. The monoisotopic (exact) mass is 500 g/mol. The van der Waals surface area contributed by atoms with E-state index in [0.29, 0.717) is 11.0 Å². The van der Waals surface area contributed by atoms with Crippen molar-refractivity contribution in [1.82, 2.24) is 9.13 Å². The summed E-state index contributed by atoms with van der Waals surface area (Å²) in [6.07, 6.45) is 0. The summed E-state index contributed by atoms with van der Waals surface area (Å²) in [7, 11) is 0. The second kappa shape index (κ2) is 8.22. The predicted molar refractivity (Wildman–Crippen MR) is 161 cm³/mol. The van der Waals surface area contributed by atoms with Crippen molar-refractivity contribution in [3.8, 4) is 22.5 Å². The highest BCUT2D eigenvalue weighted by atomic mass is 15.0. The molecule has 2 nitrogen and oxygen atoms in total. The summed E-state index contributed by atoms with van der Waals surface area (Å²) >= 11 is 0. The molecule has 0 radical (unpaired) electrons. The zero-order chi connectivity index (χ0) is 39.0. The molecule has 0 fully saturated rings. The van der Waals surface area contributed by atoms with Gasteiger partial charge in [-0.3, -0.25) is 0 Å². The summed E-state index contributed by atoms with van der Waals surface area (Å²) in [5, 5.41) is 0.991. The molecule has 0 unspecified atom stereocenters. The van der Waals surface area contributed by atoms with Crippen molar-refractivity contribution in [1.29, 1.82) is 0 Å². The Balaban J connectivity index is 1.66. The van der Waals surface area contributed by atoms with Gasteiger partial charge in [0.25, 0.3) is 0 Å². The highest BCUT2D eigenvalue weighted by Gasteiger charge is 2.16. The van der Waals surface area contributed by atoms with Gasteiger partial charge < -0.3 is 9.13 Å². The number of para-hydroxylation sites is 3. The second-order valence-electron chi connectivity index (χ2n) is 8.60. The molecule has 0 N–H and O–H groups in total. The smallest absolute Gasteiger partial charge is 0.0667 e. The molecule has 8 rings (SSSR count). The molecule has 2 heterocycles. The number of aromatic nitrogens is 2. The Bertz CT molecular complexity index is 2930. The molecule has 0 saturated heterocycles. The Morgan fingerprint density at radius 2 is 1.00 bits per heavy atom. The van der Waals surface area contributed by atoms with Crippen LogP contribution in [0.25, 0.3) is 66.1 Å². The quantitative estimate of drug-likeness (QED) is 0.229. The van der Waals surface area contributed by atoms with E-state index >= 15 is 0 Å². The largest absolute Gasteiger partial charge is 0.309 e. The normalized spacial score (nSPS) is 17.6. The van der Waals surface area contributed by atoms with Crippen molar-refractivity contribution >= 4 is 43.6 Å². The van der Waals surface area contributed by atoms with Gasteiger partial charge >= 0.3 is 0 Å². The zero-order valence-corrected chi connectivity index (χ0v) is 19.5. The van der Waals surface area contributed by atoms with Crippen LogP contribution in [0.4, 0.5) is 0 Å². The number of hydrogen-bond donors (Lipinski definition) is 0. The Hall–Kier alpha value is -5.08. The van der Waals surface area contributed by atoms with Crippen LogP contribution in [0.2, 0.25) is 0 Å². The fourth-order valence-corrected chi connectivity index (χ4v) is 4.95. The first-order valence-electron chi connectivity index (χ1n) is 19.7. The van der Waals surface area contributed by atoms with Crippen molar-refractivity contribution < 1.29 is 21.9 Å². The van der Waals surface area contributed by atoms with Gasteiger partial charge in [-0.1, -0.05) is 103 Å². The molecule has 0 amide bonds. The number of rotatable bonds is 3. The maximum atomic E-state index is 9.78. The molecular weight excluding hydrogens is 460 g/mol. The third-order valence-electron chi connectivity index (χ3n) is 6.53. The molecule has 0 bridgehead atoms. The van der Waals surface area contributed by atoms with Crippen molar-refractivity contribution in [2.45, 2.75) is 0 Å². The third-order valence-corrected chi connectivity index (χ3v) is 6.53. The average Bonchev–Trinajstić information content (AvgIpc) is 3.69. The van der Waals surface area contributed by atoms with Crippen molar-refractivity contribution in [3.63, 3.8) is 0 Å². The topological polar surface area (TPSA) is 9.86 Å². The lowest BCUT2D eigenvalue weighted by Gasteiger charge is -2.12. The van der Waals surface area contributed by atoms with Gasteiger partial charge in [0, 0.05) is 32.9 Å². The van der Waals surface area contributed by atoms with Crippen LogP contribution in [0.15, 0.2) is 145 Å². The van der Waals surface area contributed by atoms with E-state index in [4.69, 9.17) is 16.4 Å². The maximum Gasteiger partial charge on any atom is 0.0667 e. The van der Waals surface area contributed by atoms with Gasteiger partial charge in [0.1, 0.15) is 0 Å². The van der Waals surface area contributed by atoms with Gasteiger partial charge in [0.2, 0.25) is 0 Å². The van der Waals surface area contributed by atoms with Gasteiger partial charge in [-0.25, -0.2) is 0 Å². The van der Waals surface area contributed by atoms with E-state index < -0.39 is 113 Å². The standard InChI is InChI=1S/C36H24N2/c1-2-11-25(12-3-1)26-13-10-14-27(23-26)38-35-20-9-6-17-31(35)32-22-21-28(24-36(32)38)37-33-18-7-4-15-29(33)30-16-5-8-19-34(30)37/h1-24H/i1D,2D,3D,6D,9D,10D,11D,12D,13D,14D,17D,20D,21D,22D,23D,24D. The Kier molecular flexibility index (Phi) is 2.32. The van der Waals surface area contributed by atoms with E-state index in [0.717, 1.165) is 15.3 Å². The number of nitrogens with zero attached hydrogens (tertiary/aromatic N) is 2. The Morgan fingerprint density at radius 1 is 0.395 bits per heavy atom. The SMILES string of the molecule is [2H]c1c([2H])c([2H])c(-c2c([2H])c([2H])c([2H])c(-n3c4c([2H])c([2H])c([2H])c([2H])c4c4c([2H])c([2H])c(-n5c6ccccc6c6ccccc65)c([2H])c43)c2[2H])c([2H])c1[2H]. The van der Waals surface area contributed by atoms with Gasteiger partial charge in [-0.05, 0) is 53.5 Å². The first-order valence-corrected chi connectivity index (χ1v) is 11.7. The molecule has 0 spiro atoms. The molecule has 2 heteroatoms. The summed E-state index contributed by atoms with van der Waals surface area (Å²) in [4.78, 5) is 0. The summed E-state index contributed by atoms with van der Waals surface area (Å²) in [6.45, 7) is 0. The molecule has 0 aliphatic carbocycles. The van der Waals surface area contributed by atoms with Crippen LogP contribution in [0.5, 0.6) is 0 Å². The van der Waals surface area contributed by atoms with Gasteiger partial charge in [0.15, 0.2) is 0 Å². The first kappa shape index (κ1) is 10.7. The van der Waals surface area contributed by atoms with Crippen LogP contribution < -0.4 is 0 Å². The molecule has 2 aromatic heterocycles. The maximum absolute atomic E-state index is 9.78. The molecule has 38 heavy (non-hydrogen) atoms. The van der Waals surface area contributed by atoms with Gasteiger partial charge in [-0.2, -0.15) is 0 Å². The lowest BCUT2D eigenvalue weighted by atomic mass is 10.1. The van der Waals surface area contributed by atoms with Crippen LogP contribution in [0.1, 0.15) is 21.9 Å². The fraction of sp³-hybridized carbons (Fsp3) is 0. The van der Waals surface area contributed by atoms with E-state index in [9.17, 15) is 5.48 Å². The molecule has 0 aliphatic heterocycles. The lowest BCUT2D eigenvalue weighted by Crippen LogP contribution is -1.97. The van der Waals surface area contributed by atoms with Crippen LogP contribution in [0.3, 0.4) is 0 Å². The van der Waals surface area contributed by atoms with E-state index in [1.54, 1.807) is 28.8 Å². The third kappa shape index (κ3) is 3.07. The highest BCUT2D eigenvalue weighted by molar-refractivity contribution is 6.12. The van der Waals surface area contributed by atoms with Crippen LogP contribution in [0, 0.1) is 0 Å². The highest BCUT2D eigenvalue weighted by Crippen LogP contribution is 2.37.